The molecule has 0 aromatic heterocycles. The minimum atomic E-state index is -4.34. The van der Waals surface area contributed by atoms with E-state index in [1.807, 2.05) is 6.92 Å². The summed E-state index contributed by atoms with van der Waals surface area (Å²) in [5.74, 6) is 0. The molecule has 0 bridgehead atoms. The van der Waals surface area contributed by atoms with Crippen molar-refractivity contribution in [3.8, 4) is 0 Å². The van der Waals surface area contributed by atoms with Gasteiger partial charge in [0.2, 0.25) is 0 Å². The third-order valence-electron chi connectivity index (χ3n) is 4.20. The fourth-order valence-electron chi connectivity index (χ4n) is 3.13. The number of fused-ring (bicyclic) bond motifs is 1. The van der Waals surface area contributed by atoms with Gasteiger partial charge in [0.15, 0.2) is 0 Å². The second-order valence-electron chi connectivity index (χ2n) is 5.89. The lowest BCUT2D eigenvalue weighted by molar-refractivity contribution is -0.384. The molecule has 4 nitrogen and oxygen atoms in total. The molecule has 126 valence electrons. The summed E-state index contributed by atoms with van der Waals surface area (Å²) in [6.45, 7) is 2.99. The summed E-state index contributed by atoms with van der Waals surface area (Å²) >= 11 is 0. The van der Waals surface area contributed by atoms with Crippen molar-refractivity contribution in [2.24, 2.45) is 0 Å². The number of benzene rings is 2. The predicted octanol–water partition coefficient (Wildman–Crippen LogP) is 4.48. The number of anilines is 1. The fraction of sp³-hybridized carbons (Fsp3) is 0.294. The van der Waals surface area contributed by atoms with E-state index < -0.39 is 16.7 Å². The Morgan fingerprint density at radius 2 is 1.88 bits per heavy atom. The lowest BCUT2D eigenvalue weighted by atomic mass is 10.1. The molecule has 0 unspecified atom stereocenters. The van der Waals surface area contributed by atoms with Gasteiger partial charge in [0.1, 0.15) is 0 Å². The van der Waals surface area contributed by atoms with Gasteiger partial charge in [-0.25, -0.2) is 0 Å². The maximum atomic E-state index is 12.6. The summed E-state index contributed by atoms with van der Waals surface area (Å²) in [4.78, 5) is 12.6. The summed E-state index contributed by atoms with van der Waals surface area (Å²) in [7, 11) is 0. The fourth-order valence-corrected chi connectivity index (χ4v) is 3.13. The van der Waals surface area contributed by atoms with E-state index in [9.17, 15) is 23.3 Å². The van der Waals surface area contributed by atoms with Crippen LogP contribution in [0.3, 0.4) is 0 Å². The molecule has 0 atom stereocenters. The highest BCUT2D eigenvalue weighted by Crippen LogP contribution is 2.36. The van der Waals surface area contributed by atoms with Gasteiger partial charge in [-0.05, 0) is 42.2 Å². The van der Waals surface area contributed by atoms with E-state index in [0.717, 1.165) is 34.5 Å². The topological polar surface area (TPSA) is 46.4 Å². The van der Waals surface area contributed by atoms with E-state index in [0.29, 0.717) is 19.5 Å². The van der Waals surface area contributed by atoms with Crippen molar-refractivity contribution in [2.75, 3.05) is 11.4 Å². The van der Waals surface area contributed by atoms with Crippen LogP contribution in [0.1, 0.15) is 22.3 Å². The highest BCUT2D eigenvalue weighted by atomic mass is 19.4. The molecule has 0 N–H and O–H groups in total. The summed E-state index contributed by atoms with van der Waals surface area (Å²) in [5.41, 5.74) is 2.84. The Balaban J connectivity index is 1.83. The minimum absolute atomic E-state index is 0.0719. The first kappa shape index (κ1) is 16.3. The highest BCUT2D eigenvalue weighted by Gasteiger charge is 2.30. The summed E-state index contributed by atoms with van der Waals surface area (Å²) < 4.78 is 37.8. The molecule has 0 amide bonds. The van der Waals surface area contributed by atoms with Crippen molar-refractivity contribution in [2.45, 2.75) is 26.1 Å². The van der Waals surface area contributed by atoms with Crippen molar-refractivity contribution in [3.05, 3.63) is 68.8 Å². The van der Waals surface area contributed by atoms with Gasteiger partial charge in [-0.15, -0.1) is 0 Å². The van der Waals surface area contributed by atoms with Gasteiger partial charge in [-0.3, -0.25) is 10.1 Å². The van der Waals surface area contributed by atoms with E-state index in [1.165, 1.54) is 18.2 Å². The number of aryl methyl sites for hydroxylation is 1. The van der Waals surface area contributed by atoms with Gasteiger partial charge in [-0.1, -0.05) is 12.1 Å². The highest BCUT2D eigenvalue weighted by molar-refractivity contribution is 5.66. The Morgan fingerprint density at radius 1 is 1.21 bits per heavy atom. The van der Waals surface area contributed by atoms with Crippen LogP contribution >= 0.6 is 0 Å². The molecule has 7 heteroatoms. The van der Waals surface area contributed by atoms with E-state index in [2.05, 4.69) is 4.90 Å². The maximum absolute atomic E-state index is 12.6. The smallest absolute Gasteiger partial charge is 0.366 e. The second-order valence-corrected chi connectivity index (χ2v) is 5.89. The zero-order valence-corrected chi connectivity index (χ0v) is 12.9. The number of nitro groups is 1. The number of nitro benzene ring substituents is 1. The molecular weight excluding hydrogens is 321 g/mol. The summed E-state index contributed by atoms with van der Waals surface area (Å²) in [6.07, 6.45) is -3.65. The molecule has 0 radical (unpaired) electrons. The third kappa shape index (κ3) is 3.06. The molecule has 0 fully saturated rings. The number of non-ortho nitro benzene ring substituents is 1. The first-order valence-electron chi connectivity index (χ1n) is 7.44. The predicted molar refractivity (Wildman–Crippen MR) is 84.0 cm³/mol. The Kier molecular flexibility index (Phi) is 3.95. The average molecular weight is 336 g/mol. The van der Waals surface area contributed by atoms with Gasteiger partial charge in [0.05, 0.1) is 10.5 Å². The monoisotopic (exact) mass is 336 g/mol. The largest absolute Gasteiger partial charge is 0.416 e. The molecule has 0 saturated carbocycles. The minimum Gasteiger partial charge on any atom is -0.366 e. The number of rotatable bonds is 3. The standard InChI is InChI=1S/C17H15F3N2O2/c1-11-8-15(22(23)24)9-13-6-7-21(16(11)13)10-12-2-4-14(5-3-12)17(18,19)20/h2-5,8-9H,6-7,10H2,1H3. The first-order valence-corrected chi connectivity index (χ1v) is 7.44. The van der Waals surface area contributed by atoms with Crippen molar-refractivity contribution < 1.29 is 18.1 Å². The number of halogens is 3. The Hall–Kier alpha value is -2.57. The normalized spacial score (nSPS) is 13.9. The number of alkyl halides is 3. The summed E-state index contributed by atoms with van der Waals surface area (Å²) in [6, 6.07) is 8.21. The van der Waals surface area contributed by atoms with Crippen LogP contribution in [-0.4, -0.2) is 11.5 Å². The van der Waals surface area contributed by atoms with E-state index in [4.69, 9.17) is 0 Å². The second kappa shape index (κ2) is 5.81. The van der Waals surface area contributed by atoms with Crippen LogP contribution in [0.5, 0.6) is 0 Å². The van der Waals surface area contributed by atoms with Gasteiger partial charge >= 0.3 is 6.18 Å². The molecule has 1 heterocycles. The third-order valence-corrected chi connectivity index (χ3v) is 4.20. The van der Waals surface area contributed by atoms with Crippen LogP contribution in [-0.2, 0) is 19.1 Å². The van der Waals surface area contributed by atoms with E-state index in [1.54, 1.807) is 6.07 Å². The van der Waals surface area contributed by atoms with Crippen LogP contribution in [0.4, 0.5) is 24.5 Å². The average Bonchev–Trinajstić information content (AvgIpc) is 2.90. The molecule has 3 rings (SSSR count). The lowest BCUT2D eigenvalue weighted by Crippen LogP contribution is -2.20. The van der Waals surface area contributed by atoms with Crippen LogP contribution in [0, 0.1) is 17.0 Å². The van der Waals surface area contributed by atoms with Crippen molar-refractivity contribution in [1.29, 1.82) is 0 Å². The number of hydrogen-bond donors (Lipinski definition) is 0. The molecule has 2 aromatic carbocycles. The first-order chi connectivity index (χ1) is 11.3. The molecule has 24 heavy (non-hydrogen) atoms. The Labute approximate surface area is 136 Å². The van der Waals surface area contributed by atoms with Crippen LogP contribution < -0.4 is 4.90 Å². The molecule has 1 aliphatic heterocycles. The molecule has 1 aliphatic rings. The van der Waals surface area contributed by atoms with Crippen LogP contribution in [0.25, 0.3) is 0 Å². The molecule has 2 aromatic rings. The van der Waals surface area contributed by atoms with Gasteiger partial charge in [0.25, 0.3) is 5.69 Å². The zero-order valence-electron chi connectivity index (χ0n) is 12.9. The van der Waals surface area contributed by atoms with E-state index in [-0.39, 0.29) is 5.69 Å². The van der Waals surface area contributed by atoms with E-state index >= 15 is 0 Å². The van der Waals surface area contributed by atoms with Crippen LogP contribution in [0.2, 0.25) is 0 Å². The number of hydrogen-bond acceptors (Lipinski definition) is 3. The van der Waals surface area contributed by atoms with Crippen molar-refractivity contribution in [3.63, 3.8) is 0 Å². The van der Waals surface area contributed by atoms with Gasteiger partial charge in [-0.2, -0.15) is 13.2 Å². The molecular formula is C17H15F3N2O2. The van der Waals surface area contributed by atoms with Crippen LogP contribution in [0.15, 0.2) is 36.4 Å². The zero-order chi connectivity index (χ0) is 17.5. The van der Waals surface area contributed by atoms with Crippen molar-refractivity contribution >= 4 is 11.4 Å². The molecule has 0 spiro atoms. The summed E-state index contributed by atoms with van der Waals surface area (Å²) in [5, 5.41) is 10.9. The maximum Gasteiger partial charge on any atom is 0.416 e. The number of nitrogens with zero attached hydrogens (tertiary/aromatic N) is 2. The van der Waals surface area contributed by atoms with Gasteiger partial charge in [0, 0.05) is 30.9 Å². The Bertz CT molecular complexity index is 786. The van der Waals surface area contributed by atoms with Gasteiger partial charge < -0.3 is 4.90 Å². The lowest BCUT2D eigenvalue weighted by Gasteiger charge is -2.21. The van der Waals surface area contributed by atoms with Crippen molar-refractivity contribution in [1.82, 2.24) is 0 Å². The molecule has 0 saturated heterocycles. The quantitative estimate of drug-likeness (QED) is 0.613. The SMILES string of the molecule is Cc1cc([N+](=O)[O-])cc2c1N(Cc1ccc(C(F)(F)F)cc1)CC2. The Morgan fingerprint density at radius 3 is 2.46 bits per heavy atom. The molecule has 0 aliphatic carbocycles.